The summed E-state index contributed by atoms with van der Waals surface area (Å²) in [6.45, 7) is 2.91. The summed E-state index contributed by atoms with van der Waals surface area (Å²) in [4.78, 5) is 37.4. The molecule has 0 aliphatic carbocycles. The van der Waals surface area contributed by atoms with Crippen molar-refractivity contribution < 1.29 is 23.9 Å². The van der Waals surface area contributed by atoms with Gasteiger partial charge >= 0.3 is 11.9 Å². The second-order valence-corrected chi connectivity index (χ2v) is 6.21. The van der Waals surface area contributed by atoms with Crippen LogP contribution in [0, 0.1) is 0 Å². The molecule has 1 aromatic carbocycles. The van der Waals surface area contributed by atoms with E-state index < -0.39 is 17.7 Å². The van der Waals surface area contributed by atoms with Crippen molar-refractivity contribution >= 4 is 35.1 Å². The number of nitrogens with zero attached hydrogens (tertiary/aromatic N) is 1. The zero-order chi connectivity index (χ0) is 18.1. The third kappa shape index (κ3) is 3.86. The number of anilines is 1. The highest BCUT2D eigenvalue weighted by atomic mass is 35.5. The Bertz CT molecular complexity index is 718. The molecule has 0 radical (unpaired) electrons. The summed E-state index contributed by atoms with van der Waals surface area (Å²) >= 11 is 5.95. The van der Waals surface area contributed by atoms with Crippen LogP contribution in [0.15, 0.2) is 30.0 Å². The van der Waals surface area contributed by atoms with Crippen molar-refractivity contribution in [2.45, 2.75) is 19.6 Å². The molecule has 1 amide bonds. The maximum Gasteiger partial charge on any atom is 0.350 e. The Morgan fingerprint density at radius 1 is 1.21 bits per heavy atom. The van der Waals surface area contributed by atoms with Gasteiger partial charge < -0.3 is 19.7 Å². The maximum atomic E-state index is 12.2. The number of rotatable bonds is 3. The first kappa shape index (κ1) is 17.8. The molecule has 0 unspecified atom stereocenters. The lowest BCUT2D eigenvalue weighted by atomic mass is 10.1. The van der Waals surface area contributed by atoms with E-state index >= 15 is 0 Å². The average Bonchev–Trinajstić information content (AvgIpc) is 2.44. The molecule has 1 aliphatic heterocycles. The Balaban J connectivity index is 2.32. The largest absolute Gasteiger partial charge is 0.419 e. The van der Waals surface area contributed by atoms with E-state index in [9.17, 15) is 14.4 Å². The Kier molecular flexibility index (Phi) is 4.84. The number of halogens is 1. The standard InChI is InChI=1S/C16H17ClN2O5/c1-16(2)23-14(21)11(15(22)24-16)8-18-12-7-9(17)5-6-10(12)13(20)19(3)4/h5-8,18H,1-4H3. The fraction of sp³-hybridized carbons (Fsp3) is 0.312. The zero-order valence-electron chi connectivity index (χ0n) is 13.7. The molecule has 1 heterocycles. The van der Waals surface area contributed by atoms with Gasteiger partial charge in [0.2, 0.25) is 0 Å². The minimum absolute atomic E-state index is 0.262. The molecule has 128 valence electrons. The van der Waals surface area contributed by atoms with Gasteiger partial charge in [0.1, 0.15) is 0 Å². The molecule has 1 fully saturated rings. The monoisotopic (exact) mass is 352 g/mol. The minimum atomic E-state index is -1.31. The molecule has 1 aliphatic rings. The molecule has 7 nitrogen and oxygen atoms in total. The molecule has 0 saturated carbocycles. The van der Waals surface area contributed by atoms with Crippen molar-refractivity contribution in [2.75, 3.05) is 19.4 Å². The first-order chi connectivity index (χ1) is 11.1. The van der Waals surface area contributed by atoms with E-state index in [2.05, 4.69) is 5.32 Å². The minimum Gasteiger partial charge on any atom is -0.419 e. The molecule has 24 heavy (non-hydrogen) atoms. The van der Waals surface area contributed by atoms with Crippen LogP contribution in [0.3, 0.4) is 0 Å². The lowest BCUT2D eigenvalue weighted by Crippen LogP contribution is -2.42. The summed E-state index contributed by atoms with van der Waals surface area (Å²) in [6.07, 6.45) is 1.14. The predicted molar refractivity (Wildman–Crippen MR) is 87.4 cm³/mol. The summed E-state index contributed by atoms with van der Waals surface area (Å²) in [5.41, 5.74) is 0.371. The van der Waals surface area contributed by atoms with Crippen LogP contribution in [0.5, 0.6) is 0 Å². The number of ether oxygens (including phenoxy) is 2. The molecule has 2 rings (SSSR count). The molecule has 1 saturated heterocycles. The fourth-order valence-corrected chi connectivity index (χ4v) is 2.16. The summed E-state index contributed by atoms with van der Waals surface area (Å²) in [5.74, 6) is -3.20. The number of hydrogen-bond donors (Lipinski definition) is 1. The lowest BCUT2D eigenvalue weighted by Gasteiger charge is -2.29. The van der Waals surface area contributed by atoms with Crippen molar-refractivity contribution in [1.82, 2.24) is 4.90 Å². The van der Waals surface area contributed by atoms with Crippen LogP contribution >= 0.6 is 11.6 Å². The number of amides is 1. The van der Waals surface area contributed by atoms with Gasteiger partial charge in [-0.2, -0.15) is 0 Å². The predicted octanol–water partition coefficient (Wildman–Crippen LogP) is 2.17. The van der Waals surface area contributed by atoms with E-state index in [1.165, 1.54) is 24.8 Å². The zero-order valence-corrected chi connectivity index (χ0v) is 14.4. The SMILES string of the molecule is CN(C)C(=O)c1ccc(Cl)cc1NC=C1C(=O)OC(C)(C)OC1=O. The summed E-state index contributed by atoms with van der Waals surface area (Å²) in [5, 5.41) is 3.14. The third-order valence-electron chi connectivity index (χ3n) is 3.11. The van der Waals surface area contributed by atoms with Gasteiger partial charge in [-0.1, -0.05) is 11.6 Å². The van der Waals surface area contributed by atoms with Crippen molar-refractivity contribution in [3.8, 4) is 0 Å². The van der Waals surface area contributed by atoms with Gasteiger partial charge in [0.25, 0.3) is 11.7 Å². The van der Waals surface area contributed by atoms with Crippen molar-refractivity contribution in [2.24, 2.45) is 0 Å². The first-order valence-corrected chi connectivity index (χ1v) is 7.43. The molecular formula is C16H17ClN2O5. The first-order valence-electron chi connectivity index (χ1n) is 7.05. The van der Waals surface area contributed by atoms with E-state index in [0.29, 0.717) is 16.3 Å². The summed E-state index contributed by atoms with van der Waals surface area (Å²) in [7, 11) is 3.22. The summed E-state index contributed by atoms with van der Waals surface area (Å²) in [6, 6.07) is 4.63. The number of esters is 2. The van der Waals surface area contributed by atoms with Crippen LogP contribution < -0.4 is 5.32 Å². The second kappa shape index (κ2) is 6.52. The topological polar surface area (TPSA) is 84.9 Å². The fourth-order valence-electron chi connectivity index (χ4n) is 1.99. The van der Waals surface area contributed by atoms with Crippen LogP contribution in [0.25, 0.3) is 0 Å². The van der Waals surface area contributed by atoms with E-state index in [0.717, 1.165) is 6.20 Å². The van der Waals surface area contributed by atoms with Gasteiger partial charge in [0.05, 0.1) is 11.3 Å². The van der Waals surface area contributed by atoms with E-state index in [1.54, 1.807) is 26.2 Å². The van der Waals surface area contributed by atoms with Gasteiger partial charge in [0, 0.05) is 39.2 Å². The number of carbonyl (C=O) groups is 3. The van der Waals surface area contributed by atoms with E-state index in [1.807, 2.05) is 0 Å². The third-order valence-corrected chi connectivity index (χ3v) is 3.34. The van der Waals surface area contributed by atoms with Crippen LogP contribution in [0.1, 0.15) is 24.2 Å². The van der Waals surface area contributed by atoms with Crippen molar-refractivity contribution in [1.29, 1.82) is 0 Å². The number of benzene rings is 1. The number of cyclic esters (lactones) is 2. The Morgan fingerprint density at radius 2 is 1.79 bits per heavy atom. The van der Waals surface area contributed by atoms with E-state index in [-0.39, 0.29) is 11.5 Å². The van der Waals surface area contributed by atoms with Crippen molar-refractivity contribution in [3.05, 3.63) is 40.6 Å². The Hall–Kier alpha value is -2.54. The highest BCUT2D eigenvalue weighted by Crippen LogP contribution is 2.25. The Morgan fingerprint density at radius 3 is 2.33 bits per heavy atom. The normalized spacial score (nSPS) is 16.1. The smallest absolute Gasteiger partial charge is 0.350 e. The lowest BCUT2D eigenvalue weighted by molar-refractivity contribution is -0.222. The quantitative estimate of drug-likeness (QED) is 0.510. The molecule has 0 bridgehead atoms. The van der Waals surface area contributed by atoms with Gasteiger partial charge in [0.15, 0.2) is 5.57 Å². The van der Waals surface area contributed by atoms with E-state index in [4.69, 9.17) is 21.1 Å². The number of nitrogens with one attached hydrogen (secondary N) is 1. The molecule has 0 atom stereocenters. The van der Waals surface area contributed by atoms with Crippen LogP contribution in [0.2, 0.25) is 5.02 Å². The molecule has 0 spiro atoms. The van der Waals surface area contributed by atoms with Gasteiger partial charge in [-0.15, -0.1) is 0 Å². The van der Waals surface area contributed by atoms with Crippen LogP contribution in [-0.2, 0) is 19.1 Å². The van der Waals surface area contributed by atoms with Crippen molar-refractivity contribution in [3.63, 3.8) is 0 Å². The molecule has 8 heteroatoms. The number of hydrogen-bond acceptors (Lipinski definition) is 6. The second-order valence-electron chi connectivity index (χ2n) is 5.77. The highest BCUT2D eigenvalue weighted by molar-refractivity contribution is 6.31. The maximum absolute atomic E-state index is 12.2. The summed E-state index contributed by atoms with van der Waals surface area (Å²) < 4.78 is 9.99. The molecule has 1 N–H and O–H groups in total. The Labute approximate surface area is 144 Å². The van der Waals surface area contributed by atoms with Gasteiger partial charge in [-0.3, -0.25) is 4.79 Å². The van der Waals surface area contributed by atoms with Crippen LogP contribution in [0.4, 0.5) is 5.69 Å². The van der Waals surface area contributed by atoms with Gasteiger partial charge in [-0.05, 0) is 18.2 Å². The molecular weight excluding hydrogens is 336 g/mol. The molecule has 1 aromatic rings. The molecule has 0 aromatic heterocycles. The number of carbonyl (C=O) groups excluding carboxylic acids is 3. The van der Waals surface area contributed by atoms with Crippen LogP contribution in [-0.4, -0.2) is 42.6 Å². The van der Waals surface area contributed by atoms with Gasteiger partial charge in [-0.25, -0.2) is 9.59 Å². The highest BCUT2D eigenvalue weighted by Gasteiger charge is 2.39. The average molecular weight is 353 g/mol.